The smallest absolute Gasteiger partial charge is 0.224 e. The van der Waals surface area contributed by atoms with Crippen molar-refractivity contribution in [2.75, 3.05) is 16.8 Å². The Kier molecular flexibility index (Phi) is 9.12. The second-order valence-corrected chi connectivity index (χ2v) is 16.2. The number of carbonyl (C=O) groups is 1. The van der Waals surface area contributed by atoms with Crippen molar-refractivity contribution >= 4 is 23.0 Å². The number of carbonyl (C=O) groups excluding carboxylic acids is 1. The molecule has 0 aliphatic heterocycles. The first-order valence-electron chi connectivity index (χ1n) is 18.5. The summed E-state index contributed by atoms with van der Waals surface area (Å²) < 4.78 is 13.6. The van der Waals surface area contributed by atoms with Gasteiger partial charge in [0.15, 0.2) is 0 Å². The van der Waals surface area contributed by atoms with E-state index >= 15 is 0 Å². The molecule has 6 heteroatoms. The van der Waals surface area contributed by atoms with Crippen LogP contribution in [0.5, 0.6) is 11.5 Å². The minimum absolute atomic E-state index is 0.116. The van der Waals surface area contributed by atoms with Crippen LogP contribution in [0.25, 0.3) is 0 Å². The van der Waals surface area contributed by atoms with E-state index < -0.39 is 0 Å². The lowest BCUT2D eigenvalue weighted by Crippen LogP contribution is -2.59. The number of anilines is 3. The molecular weight excluding hydrogens is 594 g/mol. The number of nitrogen functional groups attached to an aromatic ring is 2. The molecule has 5 N–H and O–H groups in total. The largest absolute Gasteiger partial charge is 0.490 e. The predicted octanol–water partition coefficient (Wildman–Crippen LogP) is 9.37. The van der Waals surface area contributed by atoms with Crippen LogP contribution in [0.4, 0.5) is 17.1 Å². The van der Waals surface area contributed by atoms with Crippen molar-refractivity contribution in [1.29, 1.82) is 0 Å². The summed E-state index contributed by atoms with van der Waals surface area (Å²) in [6, 6.07) is 25.7. The molecule has 0 bridgehead atoms. The minimum atomic E-state index is 0.116. The van der Waals surface area contributed by atoms with E-state index in [9.17, 15) is 4.79 Å². The molecule has 4 aliphatic carbocycles. The zero-order valence-corrected chi connectivity index (χ0v) is 29.1. The SMILES string of the molecule is C[C@H](CCC(=O)Nc1ccccc1)[C@H]1CC[C@H]2[C@@H]3CC(Oc4cccc(N)c4)C4CC(Oc5cccc(N)c5)CC[C@]4(C)[C@H]3CC[C@]12C. The van der Waals surface area contributed by atoms with Gasteiger partial charge in [-0.1, -0.05) is 51.1 Å². The Balaban J connectivity index is 1.09. The molecule has 7 rings (SSSR count). The number of benzene rings is 3. The molecule has 0 spiro atoms. The van der Waals surface area contributed by atoms with E-state index in [0.717, 1.165) is 60.7 Å². The first-order chi connectivity index (χ1) is 23.1. The number of hydrogen-bond donors (Lipinski definition) is 3. The summed E-state index contributed by atoms with van der Waals surface area (Å²) in [5, 5.41) is 3.09. The zero-order valence-electron chi connectivity index (χ0n) is 29.1. The van der Waals surface area contributed by atoms with Crippen LogP contribution in [0.3, 0.4) is 0 Å². The Bertz CT molecular complexity index is 1580. The first kappa shape index (κ1) is 32.9. The van der Waals surface area contributed by atoms with Crippen molar-refractivity contribution in [3.63, 3.8) is 0 Å². The lowest BCUT2D eigenvalue weighted by molar-refractivity contribution is -0.164. The Morgan fingerprint density at radius 2 is 1.46 bits per heavy atom. The maximum atomic E-state index is 12.9. The monoisotopic (exact) mass is 649 g/mol. The summed E-state index contributed by atoms with van der Waals surface area (Å²) in [5.41, 5.74) is 15.2. The fraction of sp³-hybridized carbons (Fsp3) is 0.548. The molecule has 4 aliphatic rings. The van der Waals surface area contributed by atoms with Gasteiger partial charge in [-0.25, -0.2) is 0 Å². The molecule has 0 radical (unpaired) electrons. The van der Waals surface area contributed by atoms with E-state index in [2.05, 4.69) is 32.2 Å². The van der Waals surface area contributed by atoms with Crippen LogP contribution in [0.1, 0.15) is 85.0 Å². The fourth-order valence-corrected chi connectivity index (χ4v) is 11.3. The summed E-state index contributed by atoms with van der Waals surface area (Å²) in [5.74, 6) is 5.46. The van der Waals surface area contributed by atoms with Gasteiger partial charge in [-0.05, 0) is 135 Å². The van der Waals surface area contributed by atoms with Crippen LogP contribution in [0.2, 0.25) is 0 Å². The number of rotatable bonds is 9. The standard InChI is InChI=1S/C42H55N3O3/c1-27(15-18-40(46)45-30-11-5-4-6-12-30)35-16-17-36-34-26-39(48-32-14-8-10-29(44)24-32)38-25-33(47-31-13-7-9-28(43)23-31)19-21-42(38,3)37(34)20-22-41(35,36)2/h4-14,23-24,27,33-39H,15-22,25-26,43-44H2,1-3H3,(H,45,46)/t27-,33?,34+,35-,36+,37+,38?,39?,41-,42-/m1/s1. The normalized spacial score (nSPS) is 34.6. The van der Waals surface area contributed by atoms with Crippen LogP contribution in [-0.2, 0) is 4.79 Å². The second kappa shape index (κ2) is 13.3. The summed E-state index contributed by atoms with van der Waals surface area (Å²) in [4.78, 5) is 12.9. The lowest BCUT2D eigenvalue weighted by atomic mass is 9.43. The Hall–Kier alpha value is -3.67. The molecule has 0 saturated heterocycles. The van der Waals surface area contributed by atoms with Crippen molar-refractivity contribution in [2.24, 2.45) is 46.3 Å². The highest BCUT2D eigenvalue weighted by molar-refractivity contribution is 5.90. The molecule has 4 fully saturated rings. The second-order valence-electron chi connectivity index (χ2n) is 16.2. The van der Waals surface area contributed by atoms with Gasteiger partial charge in [0.05, 0.1) is 6.10 Å². The molecule has 0 aromatic heterocycles. The number of nitrogens with one attached hydrogen (secondary N) is 1. The number of fused-ring (bicyclic) bond motifs is 5. The molecule has 10 atom stereocenters. The van der Waals surface area contributed by atoms with Crippen LogP contribution in [0, 0.1) is 46.3 Å². The highest BCUT2D eigenvalue weighted by Gasteiger charge is 2.63. The third-order valence-electron chi connectivity index (χ3n) is 13.6. The van der Waals surface area contributed by atoms with Gasteiger partial charge in [0.1, 0.15) is 17.6 Å². The highest BCUT2D eigenvalue weighted by Crippen LogP contribution is 2.68. The van der Waals surface area contributed by atoms with Gasteiger partial charge in [-0.15, -0.1) is 0 Å². The molecule has 3 unspecified atom stereocenters. The third kappa shape index (κ3) is 6.40. The third-order valence-corrected chi connectivity index (χ3v) is 13.6. The maximum absolute atomic E-state index is 12.9. The number of amides is 1. The van der Waals surface area contributed by atoms with Gasteiger partial charge in [-0.2, -0.15) is 0 Å². The van der Waals surface area contributed by atoms with Crippen molar-refractivity contribution in [1.82, 2.24) is 0 Å². The number of ether oxygens (including phenoxy) is 2. The summed E-state index contributed by atoms with van der Waals surface area (Å²) >= 11 is 0. The average molecular weight is 650 g/mol. The molecule has 4 saturated carbocycles. The lowest BCUT2D eigenvalue weighted by Gasteiger charge is -2.63. The van der Waals surface area contributed by atoms with Gasteiger partial charge >= 0.3 is 0 Å². The van der Waals surface area contributed by atoms with E-state index in [4.69, 9.17) is 20.9 Å². The van der Waals surface area contributed by atoms with Crippen LogP contribution >= 0.6 is 0 Å². The molecule has 1 amide bonds. The molecule has 256 valence electrons. The summed E-state index contributed by atoms with van der Waals surface area (Å²) in [7, 11) is 0. The maximum Gasteiger partial charge on any atom is 0.224 e. The molecule has 6 nitrogen and oxygen atoms in total. The topological polar surface area (TPSA) is 99.6 Å². The Labute approximate surface area is 287 Å². The van der Waals surface area contributed by atoms with E-state index in [1.54, 1.807) is 0 Å². The van der Waals surface area contributed by atoms with Gasteiger partial charge in [0.25, 0.3) is 0 Å². The van der Waals surface area contributed by atoms with Gasteiger partial charge < -0.3 is 26.3 Å². The molecule has 0 heterocycles. The Morgan fingerprint density at radius 1 is 0.792 bits per heavy atom. The molecule has 48 heavy (non-hydrogen) atoms. The van der Waals surface area contributed by atoms with Crippen molar-refractivity contribution < 1.29 is 14.3 Å². The van der Waals surface area contributed by atoms with E-state index in [1.807, 2.05) is 72.8 Å². The van der Waals surface area contributed by atoms with Crippen LogP contribution in [-0.4, -0.2) is 18.1 Å². The van der Waals surface area contributed by atoms with E-state index in [0.29, 0.717) is 47.3 Å². The van der Waals surface area contributed by atoms with E-state index in [-0.39, 0.29) is 23.5 Å². The first-order valence-corrected chi connectivity index (χ1v) is 18.5. The quantitative estimate of drug-likeness (QED) is 0.201. The Morgan fingerprint density at radius 3 is 2.17 bits per heavy atom. The van der Waals surface area contributed by atoms with Gasteiger partial charge in [0.2, 0.25) is 5.91 Å². The van der Waals surface area contributed by atoms with Gasteiger partial charge in [-0.3, -0.25) is 4.79 Å². The number of nitrogens with two attached hydrogens (primary N) is 2. The molecule has 3 aromatic carbocycles. The average Bonchev–Trinajstić information content (AvgIpc) is 3.42. The van der Waals surface area contributed by atoms with Gasteiger partial charge in [0, 0.05) is 41.5 Å². The van der Waals surface area contributed by atoms with Crippen molar-refractivity contribution in [3.05, 3.63) is 78.9 Å². The number of hydrogen-bond acceptors (Lipinski definition) is 5. The van der Waals surface area contributed by atoms with E-state index in [1.165, 1.54) is 25.7 Å². The zero-order chi connectivity index (χ0) is 33.5. The van der Waals surface area contributed by atoms with Crippen LogP contribution < -0.4 is 26.3 Å². The molecule has 3 aromatic rings. The molecular formula is C42H55N3O3. The summed E-state index contributed by atoms with van der Waals surface area (Å²) in [6.45, 7) is 7.60. The van der Waals surface area contributed by atoms with Crippen LogP contribution in [0.15, 0.2) is 78.9 Å². The highest BCUT2D eigenvalue weighted by atomic mass is 16.5. The van der Waals surface area contributed by atoms with Crippen molar-refractivity contribution in [3.8, 4) is 11.5 Å². The minimum Gasteiger partial charge on any atom is -0.490 e. The number of para-hydroxylation sites is 1. The fourth-order valence-electron chi connectivity index (χ4n) is 11.3. The van der Waals surface area contributed by atoms with Crippen molar-refractivity contribution in [2.45, 2.75) is 97.2 Å². The summed E-state index contributed by atoms with van der Waals surface area (Å²) in [6.07, 6.45) is 11.2. The predicted molar refractivity (Wildman–Crippen MR) is 195 cm³/mol.